The molecular formula is C26H29FN6O3. The Morgan fingerprint density at radius 2 is 1.94 bits per heavy atom. The number of benzene rings is 1. The summed E-state index contributed by atoms with van der Waals surface area (Å²) in [7, 11) is 3.16. The van der Waals surface area contributed by atoms with Crippen LogP contribution in [0.4, 0.5) is 10.2 Å². The van der Waals surface area contributed by atoms with E-state index in [1.807, 2.05) is 6.92 Å². The summed E-state index contributed by atoms with van der Waals surface area (Å²) in [5.74, 6) is -0.319. The Labute approximate surface area is 208 Å². The summed E-state index contributed by atoms with van der Waals surface area (Å²) in [6.07, 6.45) is 5.03. The quantitative estimate of drug-likeness (QED) is 0.344. The number of ether oxygens (including phenoxy) is 1. The van der Waals surface area contributed by atoms with Gasteiger partial charge < -0.3 is 20.5 Å². The number of carbonyl (C=O) groups excluding carboxylic acids is 1. The second kappa shape index (κ2) is 9.90. The Kier molecular flexibility index (Phi) is 6.89. The highest BCUT2D eigenvalue weighted by Gasteiger charge is 2.23. The zero-order valence-corrected chi connectivity index (χ0v) is 20.8. The molecule has 0 radical (unpaired) electrons. The maximum atomic E-state index is 14.5. The number of hydrogen-bond acceptors (Lipinski definition) is 7. The van der Waals surface area contributed by atoms with Crippen molar-refractivity contribution in [2.24, 2.45) is 7.05 Å². The van der Waals surface area contributed by atoms with Gasteiger partial charge in [-0.1, -0.05) is 6.07 Å². The first-order chi connectivity index (χ1) is 17.0. The molecule has 3 N–H and O–H groups in total. The largest absolute Gasteiger partial charge is 0.494 e. The Morgan fingerprint density at radius 3 is 2.58 bits per heavy atom. The van der Waals surface area contributed by atoms with Crippen LogP contribution in [0.5, 0.6) is 5.75 Å². The van der Waals surface area contributed by atoms with Crippen LogP contribution in [-0.4, -0.2) is 49.5 Å². The number of methoxy groups -OCH3 is 1. The molecule has 0 aliphatic carbocycles. The second-order valence-corrected chi connectivity index (χ2v) is 9.23. The molecule has 0 aliphatic heterocycles. The third-order valence-electron chi connectivity index (χ3n) is 6.07. The number of fused-ring (bicyclic) bond motifs is 1. The van der Waals surface area contributed by atoms with Crippen molar-refractivity contribution in [1.82, 2.24) is 25.1 Å². The van der Waals surface area contributed by atoms with E-state index in [9.17, 15) is 14.3 Å². The highest BCUT2D eigenvalue weighted by atomic mass is 19.1. The third-order valence-corrected chi connectivity index (χ3v) is 6.07. The number of aromatic nitrogens is 4. The van der Waals surface area contributed by atoms with Crippen molar-refractivity contribution < 1.29 is 19.0 Å². The van der Waals surface area contributed by atoms with Gasteiger partial charge in [-0.3, -0.25) is 9.48 Å². The number of rotatable bonds is 8. The minimum absolute atomic E-state index is 0.114. The smallest absolute Gasteiger partial charge is 0.270 e. The topological polar surface area (TPSA) is 114 Å². The van der Waals surface area contributed by atoms with E-state index >= 15 is 0 Å². The molecule has 9 nitrogen and oxygen atoms in total. The molecule has 0 bridgehead atoms. The number of pyridine rings is 2. The molecule has 4 aromatic rings. The fraction of sp³-hybridized carbons (Fsp3) is 0.308. The van der Waals surface area contributed by atoms with E-state index in [1.54, 1.807) is 68.4 Å². The molecule has 36 heavy (non-hydrogen) atoms. The summed E-state index contributed by atoms with van der Waals surface area (Å²) in [6, 6.07) is 8.72. The van der Waals surface area contributed by atoms with Crippen LogP contribution in [-0.2, 0) is 7.05 Å². The van der Waals surface area contributed by atoms with Crippen LogP contribution >= 0.6 is 0 Å². The van der Waals surface area contributed by atoms with Crippen molar-refractivity contribution in [2.75, 3.05) is 12.4 Å². The van der Waals surface area contributed by atoms with Crippen LogP contribution in [0.1, 0.15) is 48.4 Å². The van der Waals surface area contributed by atoms with E-state index in [0.717, 1.165) is 5.39 Å². The lowest BCUT2D eigenvalue weighted by atomic mass is 10.0. The molecule has 1 unspecified atom stereocenters. The van der Waals surface area contributed by atoms with Gasteiger partial charge in [0.05, 0.1) is 36.5 Å². The summed E-state index contributed by atoms with van der Waals surface area (Å²) in [5, 5.41) is 21.3. The molecule has 1 aromatic carbocycles. The number of aryl methyl sites for hydroxylation is 1. The van der Waals surface area contributed by atoms with Crippen LogP contribution in [0, 0.1) is 5.82 Å². The van der Waals surface area contributed by atoms with Gasteiger partial charge in [-0.05, 0) is 50.6 Å². The molecule has 0 saturated carbocycles. The van der Waals surface area contributed by atoms with Gasteiger partial charge in [-0.25, -0.2) is 14.4 Å². The SMILES string of the molecule is COc1ccc(C(NC(=O)c2ccc3cnc(N[C@@H](C)C(C)(C)O)cc3n2)c2cnn(C)c2)cc1F. The number of anilines is 1. The summed E-state index contributed by atoms with van der Waals surface area (Å²) in [5.41, 5.74) is 1.03. The maximum Gasteiger partial charge on any atom is 0.270 e. The van der Waals surface area contributed by atoms with Crippen molar-refractivity contribution in [3.8, 4) is 5.75 Å². The van der Waals surface area contributed by atoms with Crippen molar-refractivity contribution in [3.63, 3.8) is 0 Å². The molecule has 188 valence electrons. The standard InChI is InChI=1S/C26H29FN6O3/c1-15(26(2,3)35)30-23-11-21-17(12-28-23)6-8-20(31-21)25(34)32-24(18-13-29-33(4)14-18)16-7-9-22(36-5)19(27)10-16/h6-15,24,35H,1-5H3,(H,28,30)(H,32,34)/t15-,24?/m0/s1. The first-order valence-electron chi connectivity index (χ1n) is 11.4. The molecule has 0 saturated heterocycles. The molecule has 4 rings (SSSR count). The first kappa shape index (κ1) is 25.1. The lowest BCUT2D eigenvalue weighted by Gasteiger charge is -2.27. The van der Waals surface area contributed by atoms with Crippen molar-refractivity contribution in [3.05, 3.63) is 77.6 Å². The molecule has 0 spiro atoms. The van der Waals surface area contributed by atoms with E-state index in [4.69, 9.17) is 4.74 Å². The number of hydrogen-bond donors (Lipinski definition) is 3. The van der Waals surface area contributed by atoms with Gasteiger partial charge in [0.2, 0.25) is 0 Å². The van der Waals surface area contributed by atoms with Crippen LogP contribution in [0.15, 0.2) is 55.0 Å². The van der Waals surface area contributed by atoms with Crippen molar-refractivity contribution in [1.29, 1.82) is 0 Å². The summed E-state index contributed by atoms with van der Waals surface area (Å²) in [6.45, 7) is 5.27. The highest BCUT2D eigenvalue weighted by molar-refractivity contribution is 5.95. The number of amides is 1. The molecule has 3 heterocycles. The third kappa shape index (κ3) is 5.44. The van der Waals surface area contributed by atoms with Gasteiger partial charge in [-0.2, -0.15) is 5.10 Å². The average molecular weight is 493 g/mol. The molecule has 0 fully saturated rings. The molecule has 10 heteroatoms. The lowest BCUT2D eigenvalue weighted by Crippen LogP contribution is -2.39. The van der Waals surface area contributed by atoms with Crippen LogP contribution in [0.2, 0.25) is 0 Å². The van der Waals surface area contributed by atoms with Crippen LogP contribution < -0.4 is 15.4 Å². The predicted octanol–water partition coefficient (Wildman–Crippen LogP) is 3.60. The number of nitrogens with one attached hydrogen (secondary N) is 2. The highest BCUT2D eigenvalue weighted by Crippen LogP contribution is 2.27. The zero-order chi connectivity index (χ0) is 26.0. The van der Waals surface area contributed by atoms with E-state index in [1.165, 1.54) is 19.2 Å². The second-order valence-electron chi connectivity index (χ2n) is 9.23. The van der Waals surface area contributed by atoms with Crippen molar-refractivity contribution >= 4 is 22.6 Å². The Bertz CT molecular complexity index is 1400. The number of halogens is 1. The average Bonchev–Trinajstić information content (AvgIpc) is 3.27. The molecule has 0 aliphatic rings. The summed E-state index contributed by atoms with van der Waals surface area (Å²) < 4.78 is 21.1. The monoisotopic (exact) mass is 492 g/mol. The fourth-order valence-corrected chi connectivity index (χ4v) is 3.64. The summed E-state index contributed by atoms with van der Waals surface area (Å²) >= 11 is 0. The maximum absolute atomic E-state index is 14.5. The van der Waals surface area contributed by atoms with Gasteiger partial charge in [0.1, 0.15) is 11.5 Å². The predicted molar refractivity (Wildman–Crippen MR) is 134 cm³/mol. The number of aliphatic hydroxyl groups is 1. The van der Waals surface area contributed by atoms with Crippen molar-refractivity contribution in [2.45, 2.75) is 38.5 Å². The van der Waals surface area contributed by atoms with E-state index in [-0.39, 0.29) is 17.5 Å². The molecular weight excluding hydrogens is 463 g/mol. The van der Waals surface area contributed by atoms with E-state index in [0.29, 0.717) is 22.5 Å². The van der Waals surface area contributed by atoms with E-state index < -0.39 is 23.4 Å². The van der Waals surface area contributed by atoms with Gasteiger partial charge in [0.15, 0.2) is 11.6 Å². The normalized spacial score (nSPS) is 13.3. The zero-order valence-electron chi connectivity index (χ0n) is 20.8. The number of carbonyl (C=O) groups is 1. The van der Waals surface area contributed by atoms with Gasteiger partial charge in [-0.15, -0.1) is 0 Å². The fourth-order valence-electron chi connectivity index (χ4n) is 3.64. The Morgan fingerprint density at radius 1 is 1.17 bits per heavy atom. The van der Waals surface area contributed by atoms with Gasteiger partial charge >= 0.3 is 0 Å². The molecule has 1 amide bonds. The molecule has 2 atom stereocenters. The Hall–Kier alpha value is -4.05. The van der Waals surface area contributed by atoms with Crippen LogP contribution in [0.25, 0.3) is 10.9 Å². The minimum atomic E-state index is -0.950. The van der Waals surface area contributed by atoms with E-state index in [2.05, 4.69) is 25.7 Å². The lowest BCUT2D eigenvalue weighted by molar-refractivity contribution is 0.0648. The van der Waals surface area contributed by atoms with Gasteiger partial charge in [0.25, 0.3) is 5.91 Å². The Balaban J connectivity index is 1.63. The number of nitrogens with zero attached hydrogens (tertiary/aromatic N) is 4. The molecule has 3 aromatic heterocycles. The summed E-state index contributed by atoms with van der Waals surface area (Å²) in [4.78, 5) is 22.2. The van der Waals surface area contributed by atoms with Crippen LogP contribution in [0.3, 0.4) is 0 Å². The minimum Gasteiger partial charge on any atom is -0.494 e. The van der Waals surface area contributed by atoms with Gasteiger partial charge in [0, 0.05) is 36.5 Å². The first-order valence-corrected chi connectivity index (χ1v) is 11.4.